The number of aromatic nitrogens is 3. The lowest BCUT2D eigenvalue weighted by Crippen LogP contribution is -2.43. The Kier molecular flexibility index (Phi) is 6.97. The van der Waals surface area contributed by atoms with Crippen LogP contribution in [0, 0.1) is 5.82 Å². The minimum absolute atomic E-state index is 0.0523. The van der Waals surface area contributed by atoms with Crippen LogP contribution < -0.4 is 15.4 Å². The first kappa shape index (κ1) is 22.8. The Morgan fingerprint density at radius 3 is 2.67 bits per heavy atom. The van der Waals surface area contributed by atoms with Gasteiger partial charge in [0, 0.05) is 37.9 Å². The average Bonchev–Trinajstić information content (AvgIpc) is 3.32. The smallest absolute Gasteiger partial charge is 0.272 e. The van der Waals surface area contributed by atoms with Crippen molar-refractivity contribution in [2.24, 2.45) is 0 Å². The van der Waals surface area contributed by atoms with Crippen molar-refractivity contribution in [3.05, 3.63) is 70.3 Å². The van der Waals surface area contributed by atoms with Crippen molar-refractivity contribution in [2.45, 2.75) is 6.54 Å². The highest BCUT2D eigenvalue weighted by Crippen LogP contribution is 2.29. The lowest BCUT2D eigenvalue weighted by molar-refractivity contribution is 0.102. The van der Waals surface area contributed by atoms with E-state index in [9.17, 15) is 14.0 Å². The van der Waals surface area contributed by atoms with Crippen LogP contribution in [0.4, 0.5) is 10.1 Å². The number of ether oxygens (including phenoxy) is 1. The summed E-state index contributed by atoms with van der Waals surface area (Å²) in [5, 5.41) is 5.91. The van der Waals surface area contributed by atoms with Crippen molar-refractivity contribution in [1.82, 2.24) is 25.2 Å². The molecule has 3 heterocycles. The van der Waals surface area contributed by atoms with E-state index in [1.807, 2.05) is 0 Å². The minimum Gasteiger partial charge on any atom is -0.494 e. The maximum Gasteiger partial charge on any atom is 0.272 e. The van der Waals surface area contributed by atoms with Crippen molar-refractivity contribution < 1.29 is 18.7 Å². The SMILES string of the molecule is COc1ccc(Cl)c(C(=O)c2c[nH]c(C(=O)Nc3cnc(CN4CCNCC4)nc3)c2)c1F. The third-order valence-electron chi connectivity index (χ3n) is 5.23. The second-order valence-electron chi connectivity index (χ2n) is 7.44. The summed E-state index contributed by atoms with van der Waals surface area (Å²) in [5.41, 5.74) is 0.281. The fraction of sp³-hybridized carbons (Fsp3) is 0.273. The zero-order valence-corrected chi connectivity index (χ0v) is 18.6. The molecule has 1 saturated heterocycles. The monoisotopic (exact) mass is 472 g/mol. The molecule has 1 fully saturated rings. The van der Waals surface area contributed by atoms with Gasteiger partial charge in [0.25, 0.3) is 5.91 Å². The molecule has 0 radical (unpaired) electrons. The summed E-state index contributed by atoms with van der Waals surface area (Å²) in [4.78, 5) is 39.0. The largest absolute Gasteiger partial charge is 0.494 e. The van der Waals surface area contributed by atoms with E-state index in [1.165, 1.54) is 43.9 Å². The number of aromatic amines is 1. The number of amides is 1. The van der Waals surface area contributed by atoms with Crippen LogP contribution in [0.2, 0.25) is 5.02 Å². The fourth-order valence-corrected chi connectivity index (χ4v) is 3.70. The van der Waals surface area contributed by atoms with Crippen molar-refractivity contribution in [1.29, 1.82) is 0 Å². The lowest BCUT2D eigenvalue weighted by atomic mass is 10.0. The van der Waals surface area contributed by atoms with Crippen LogP contribution in [0.25, 0.3) is 0 Å². The van der Waals surface area contributed by atoms with Crippen LogP contribution in [0.5, 0.6) is 5.75 Å². The maximum atomic E-state index is 14.6. The van der Waals surface area contributed by atoms with Gasteiger partial charge in [-0.1, -0.05) is 11.6 Å². The van der Waals surface area contributed by atoms with Gasteiger partial charge in [-0.3, -0.25) is 14.5 Å². The molecule has 1 aliphatic rings. The maximum absolute atomic E-state index is 14.6. The lowest BCUT2D eigenvalue weighted by Gasteiger charge is -2.26. The first-order valence-electron chi connectivity index (χ1n) is 10.3. The van der Waals surface area contributed by atoms with Crippen molar-refractivity contribution >= 4 is 29.0 Å². The Labute approximate surface area is 194 Å². The van der Waals surface area contributed by atoms with Crippen LogP contribution >= 0.6 is 11.6 Å². The summed E-state index contributed by atoms with van der Waals surface area (Å²) in [6.45, 7) is 4.37. The molecule has 0 unspecified atom stereocenters. The molecule has 33 heavy (non-hydrogen) atoms. The van der Waals surface area contributed by atoms with Crippen LogP contribution in [0.3, 0.4) is 0 Å². The van der Waals surface area contributed by atoms with E-state index in [-0.39, 0.29) is 27.6 Å². The number of carbonyl (C=O) groups is 2. The van der Waals surface area contributed by atoms with E-state index in [1.54, 1.807) is 0 Å². The Morgan fingerprint density at radius 2 is 1.97 bits per heavy atom. The molecule has 11 heteroatoms. The van der Waals surface area contributed by atoms with Gasteiger partial charge in [-0.2, -0.15) is 0 Å². The van der Waals surface area contributed by atoms with E-state index in [2.05, 4.69) is 30.5 Å². The van der Waals surface area contributed by atoms with E-state index >= 15 is 0 Å². The van der Waals surface area contributed by atoms with E-state index in [4.69, 9.17) is 16.3 Å². The normalized spacial score (nSPS) is 14.2. The molecule has 1 amide bonds. The number of anilines is 1. The van der Waals surface area contributed by atoms with E-state index in [0.717, 1.165) is 26.2 Å². The highest BCUT2D eigenvalue weighted by Gasteiger charge is 2.23. The first-order chi connectivity index (χ1) is 16.0. The molecule has 3 N–H and O–H groups in total. The number of H-pyrrole nitrogens is 1. The Morgan fingerprint density at radius 1 is 1.24 bits per heavy atom. The van der Waals surface area contributed by atoms with Gasteiger partial charge >= 0.3 is 0 Å². The molecule has 0 aliphatic carbocycles. The second-order valence-corrected chi connectivity index (χ2v) is 7.85. The summed E-state index contributed by atoms with van der Waals surface area (Å²) in [6, 6.07) is 4.04. The zero-order valence-electron chi connectivity index (χ0n) is 17.8. The van der Waals surface area contributed by atoms with Crippen LogP contribution in [0.15, 0.2) is 36.8 Å². The van der Waals surface area contributed by atoms with Gasteiger partial charge in [0.2, 0.25) is 0 Å². The van der Waals surface area contributed by atoms with Gasteiger partial charge in [-0.25, -0.2) is 14.4 Å². The number of nitrogens with one attached hydrogen (secondary N) is 3. The molecule has 172 valence electrons. The molecule has 0 spiro atoms. The topological polar surface area (TPSA) is 112 Å². The molecule has 9 nitrogen and oxygen atoms in total. The highest BCUT2D eigenvalue weighted by atomic mass is 35.5. The second kappa shape index (κ2) is 10.1. The first-order valence-corrected chi connectivity index (χ1v) is 10.6. The molecular weight excluding hydrogens is 451 g/mol. The van der Waals surface area contributed by atoms with Gasteiger partial charge in [-0.05, 0) is 18.2 Å². The Balaban J connectivity index is 1.42. The molecule has 1 aromatic carbocycles. The molecule has 0 atom stereocenters. The number of benzene rings is 1. The summed E-state index contributed by atoms with van der Waals surface area (Å²) < 4.78 is 19.5. The molecule has 0 bridgehead atoms. The quantitative estimate of drug-likeness (QED) is 0.453. The number of ketones is 1. The number of methoxy groups -OCH3 is 1. The van der Waals surface area contributed by atoms with E-state index < -0.39 is 17.5 Å². The number of piperazine rings is 1. The highest BCUT2D eigenvalue weighted by molar-refractivity contribution is 6.35. The number of hydrogen-bond donors (Lipinski definition) is 3. The summed E-state index contributed by atoms with van der Waals surface area (Å²) >= 11 is 6.03. The molecule has 4 rings (SSSR count). The molecule has 2 aromatic heterocycles. The van der Waals surface area contributed by atoms with Gasteiger partial charge in [0.15, 0.2) is 17.3 Å². The number of nitrogens with zero attached hydrogens (tertiary/aromatic N) is 3. The summed E-state index contributed by atoms with van der Waals surface area (Å²) in [5.74, 6) is -1.46. The van der Waals surface area contributed by atoms with Crippen molar-refractivity contribution in [3.8, 4) is 5.75 Å². The van der Waals surface area contributed by atoms with Gasteiger partial charge in [-0.15, -0.1) is 0 Å². The van der Waals surface area contributed by atoms with Crippen LogP contribution in [-0.4, -0.2) is 64.8 Å². The molecule has 1 aliphatic heterocycles. The minimum atomic E-state index is -0.861. The molecule has 0 saturated carbocycles. The van der Waals surface area contributed by atoms with E-state index in [0.29, 0.717) is 18.1 Å². The molecular formula is C22H22ClFN6O3. The van der Waals surface area contributed by atoms with Crippen LogP contribution in [0.1, 0.15) is 32.2 Å². The third kappa shape index (κ3) is 5.19. The molecule has 3 aromatic rings. The predicted molar refractivity (Wildman–Crippen MR) is 120 cm³/mol. The van der Waals surface area contributed by atoms with Crippen LogP contribution in [-0.2, 0) is 6.54 Å². The van der Waals surface area contributed by atoms with Crippen molar-refractivity contribution in [3.63, 3.8) is 0 Å². The zero-order chi connectivity index (χ0) is 23.4. The Hall–Kier alpha value is -3.34. The summed E-state index contributed by atoms with van der Waals surface area (Å²) in [7, 11) is 1.29. The third-order valence-corrected chi connectivity index (χ3v) is 5.55. The number of carbonyl (C=O) groups excluding carboxylic acids is 2. The fourth-order valence-electron chi connectivity index (χ4n) is 3.47. The van der Waals surface area contributed by atoms with Gasteiger partial charge in [0.05, 0.1) is 42.3 Å². The number of rotatable bonds is 7. The summed E-state index contributed by atoms with van der Waals surface area (Å²) in [6.07, 6.45) is 4.38. The van der Waals surface area contributed by atoms with Crippen molar-refractivity contribution in [2.75, 3.05) is 38.6 Å². The standard InChI is InChI=1S/C22H22ClFN6O3/c1-33-17-3-2-15(23)19(20(17)24)21(31)13-8-16(26-9-13)22(32)29-14-10-27-18(28-11-14)12-30-6-4-25-5-7-30/h2-3,8-11,25-26H,4-7,12H2,1H3,(H,29,32). The number of halogens is 2. The van der Waals surface area contributed by atoms with Gasteiger partial charge in [0.1, 0.15) is 11.5 Å². The average molecular weight is 473 g/mol. The Bertz CT molecular complexity index is 1160. The van der Waals surface area contributed by atoms with Gasteiger partial charge < -0.3 is 20.4 Å². The number of hydrogen-bond acceptors (Lipinski definition) is 7. The predicted octanol–water partition coefficient (Wildman–Crippen LogP) is 2.49.